The second kappa shape index (κ2) is 4.11. The van der Waals surface area contributed by atoms with Crippen LogP contribution >= 0.6 is 0 Å². The fourth-order valence-electron chi connectivity index (χ4n) is 1.39. The van der Waals surface area contributed by atoms with Gasteiger partial charge in [0.15, 0.2) is 5.78 Å². The number of aliphatic hydroxyl groups is 1. The monoisotopic (exact) mass is 202 g/mol. The molecule has 0 radical (unpaired) electrons. The summed E-state index contributed by atoms with van der Waals surface area (Å²) in [6.07, 6.45) is 2.75. The van der Waals surface area contributed by atoms with Crippen molar-refractivity contribution in [3.05, 3.63) is 59.5 Å². The van der Waals surface area contributed by atoms with Gasteiger partial charge in [0.2, 0.25) is 0 Å². The first-order chi connectivity index (χ1) is 7.33. The summed E-state index contributed by atoms with van der Waals surface area (Å²) in [7, 11) is 0. The van der Waals surface area contributed by atoms with Crippen LogP contribution in [0.5, 0.6) is 0 Å². The minimum absolute atomic E-state index is 0.131. The molecular formula is C12H10O3. The lowest BCUT2D eigenvalue weighted by molar-refractivity contribution is 0.103. The lowest BCUT2D eigenvalue weighted by Crippen LogP contribution is -2.02. The van der Waals surface area contributed by atoms with Crippen molar-refractivity contribution in [3.8, 4) is 0 Å². The highest BCUT2D eigenvalue weighted by Crippen LogP contribution is 2.15. The van der Waals surface area contributed by atoms with E-state index in [0.29, 0.717) is 16.7 Å². The molecule has 1 N–H and O–H groups in total. The number of carbonyl (C=O) groups excluding carboxylic acids is 1. The summed E-state index contributed by atoms with van der Waals surface area (Å²) in [5, 5.41) is 8.99. The van der Waals surface area contributed by atoms with Gasteiger partial charge in [0.25, 0.3) is 0 Å². The Kier molecular flexibility index (Phi) is 2.65. The van der Waals surface area contributed by atoms with E-state index in [9.17, 15) is 4.79 Å². The molecule has 0 aliphatic heterocycles. The molecule has 3 heteroatoms. The average molecular weight is 202 g/mol. The largest absolute Gasteiger partial charge is 0.471 e. The fraction of sp³-hybridized carbons (Fsp3) is 0.0833. The van der Waals surface area contributed by atoms with Crippen LogP contribution in [-0.2, 0) is 6.61 Å². The predicted molar refractivity (Wildman–Crippen MR) is 54.5 cm³/mol. The van der Waals surface area contributed by atoms with Crippen molar-refractivity contribution < 1.29 is 14.3 Å². The highest BCUT2D eigenvalue weighted by Gasteiger charge is 2.14. The standard InChI is InChI=1S/C12H10O3/c13-6-10-7-15-8-11(10)12(14)9-4-2-1-3-5-9/h1-5,7-8,13H,6H2. The molecule has 2 aromatic rings. The maximum atomic E-state index is 11.9. The van der Waals surface area contributed by atoms with Gasteiger partial charge in [-0.15, -0.1) is 0 Å². The Labute approximate surface area is 87.0 Å². The number of hydrogen-bond donors (Lipinski definition) is 1. The normalized spacial score (nSPS) is 10.2. The van der Waals surface area contributed by atoms with Crippen LogP contribution in [0.15, 0.2) is 47.3 Å². The van der Waals surface area contributed by atoms with E-state index in [-0.39, 0.29) is 12.4 Å². The Hall–Kier alpha value is -1.87. The van der Waals surface area contributed by atoms with Gasteiger partial charge >= 0.3 is 0 Å². The Balaban J connectivity index is 2.37. The summed E-state index contributed by atoms with van der Waals surface area (Å²) in [5.74, 6) is -0.131. The third-order valence-electron chi connectivity index (χ3n) is 2.19. The van der Waals surface area contributed by atoms with Crippen molar-refractivity contribution in [2.45, 2.75) is 6.61 Å². The van der Waals surface area contributed by atoms with Crippen LogP contribution in [0.2, 0.25) is 0 Å². The first-order valence-corrected chi connectivity index (χ1v) is 4.58. The van der Waals surface area contributed by atoms with Gasteiger partial charge in [-0.2, -0.15) is 0 Å². The van der Waals surface area contributed by atoms with Crippen LogP contribution in [0.3, 0.4) is 0 Å². The summed E-state index contributed by atoms with van der Waals surface area (Å²) in [6, 6.07) is 8.91. The molecule has 0 unspecified atom stereocenters. The van der Waals surface area contributed by atoms with Gasteiger partial charge in [-0.05, 0) is 0 Å². The van der Waals surface area contributed by atoms with Crippen LogP contribution in [0, 0.1) is 0 Å². The third kappa shape index (κ3) is 1.82. The highest BCUT2D eigenvalue weighted by atomic mass is 16.3. The van der Waals surface area contributed by atoms with E-state index >= 15 is 0 Å². The molecule has 3 nitrogen and oxygen atoms in total. The molecule has 76 valence electrons. The minimum Gasteiger partial charge on any atom is -0.471 e. The van der Waals surface area contributed by atoms with Crippen molar-refractivity contribution in [3.63, 3.8) is 0 Å². The molecule has 0 amide bonds. The molecule has 0 saturated carbocycles. The van der Waals surface area contributed by atoms with Crippen molar-refractivity contribution in [1.82, 2.24) is 0 Å². The number of benzene rings is 1. The highest BCUT2D eigenvalue weighted by molar-refractivity contribution is 6.09. The molecule has 0 atom stereocenters. The van der Waals surface area contributed by atoms with Gasteiger partial charge < -0.3 is 9.52 Å². The van der Waals surface area contributed by atoms with Gasteiger partial charge in [0.1, 0.15) is 6.26 Å². The van der Waals surface area contributed by atoms with Gasteiger partial charge in [-0.1, -0.05) is 30.3 Å². The molecule has 0 aliphatic carbocycles. The summed E-state index contributed by atoms with van der Waals surface area (Å²) in [5.41, 5.74) is 1.53. The molecular weight excluding hydrogens is 192 g/mol. The summed E-state index contributed by atoms with van der Waals surface area (Å²) in [6.45, 7) is -0.190. The Morgan fingerprint density at radius 2 is 1.93 bits per heavy atom. The van der Waals surface area contributed by atoms with E-state index in [1.807, 2.05) is 6.07 Å². The Bertz CT molecular complexity index is 457. The Morgan fingerprint density at radius 3 is 2.60 bits per heavy atom. The van der Waals surface area contributed by atoms with Crippen molar-refractivity contribution >= 4 is 5.78 Å². The molecule has 0 spiro atoms. The maximum absolute atomic E-state index is 11.9. The zero-order chi connectivity index (χ0) is 10.7. The third-order valence-corrected chi connectivity index (χ3v) is 2.19. The molecule has 0 fully saturated rings. The second-order valence-electron chi connectivity index (χ2n) is 3.16. The van der Waals surface area contributed by atoms with Crippen LogP contribution in [-0.4, -0.2) is 10.9 Å². The summed E-state index contributed by atoms with van der Waals surface area (Å²) in [4.78, 5) is 11.9. The molecule has 0 bridgehead atoms. The lowest BCUT2D eigenvalue weighted by atomic mass is 10.0. The molecule has 1 aromatic heterocycles. The van der Waals surface area contributed by atoms with Crippen LogP contribution in [0.25, 0.3) is 0 Å². The first kappa shape index (κ1) is 9.68. The summed E-state index contributed by atoms with van der Waals surface area (Å²) >= 11 is 0. The fourth-order valence-corrected chi connectivity index (χ4v) is 1.39. The smallest absolute Gasteiger partial charge is 0.196 e. The van der Waals surface area contributed by atoms with E-state index in [1.165, 1.54) is 12.5 Å². The number of carbonyl (C=O) groups is 1. The number of hydrogen-bond acceptors (Lipinski definition) is 3. The van der Waals surface area contributed by atoms with E-state index < -0.39 is 0 Å². The van der Waals surface area contributed by atoms with E-state index in [1.54, 1.807) is 24.3 Å². The van der Waals surface area contributed by atoms with E-state index in [2.05, 4.69) is 0 Å². The number of aliphatic hydroxyl groups excluding tert-OH is 1. The molecule has 2 rings (SSSR count). The van der Waals surface area contributed by atoms with Gasteiger partial charge in [-0.3, -0.25) is 4.79 Å². The van der Waals surface area contributed by atoms with Crippen LogP contribution in [0.1, 0.15) is 21.5 Å². The topological polar surface area (TPSA) is 50.4 Å². The van der Waals surface area contributed by atoms with Gasteiger partial charge in [0.05, 0.1) is 18.4 Å². The van der Waals surface area contributed by atoms with E-state index in [0.717, 1.165) is 0 Å². The maximum Gasteiger partial charge on any atom is 0.196 e. The zero-order valence-corrected chi connectivity index (χ0v) is 8.01. The number of ketones is 1. The van der Waals surface area contributed by atoms with Crippen LogP contribution < -0.4 is 0 Å². The molecule has 0 saturated heterocycles. The van der Waals surface area contributed by atoms with Crippen LogP contribution in [0.4, 0.5) is 0 Å². The number of furan rings is 1. The van der Waals surface area contributed by atoms with Gasteiger partial charge in [-0.25, -0.2) is 0 Å². The lowest BCUT2D eigenvalue weighted by Gasteiger charge is -1.99. The van der Waals surface area contributed by atoms with Crippen molar-refractivity contribution in [2.24, 2.45) is 0 Å². The Morgan fingerprint density at radius 1 is 1.20 bits per heavy atom. The average Bonchev–Trinajstić information content (AvgIpc) is 2.77. The summed E-state index contributed by atoms with van der Waals surface area (Å²) < 4.78 is 4.90. The molecule has 1 heterocycles. The van der Waals surface area contributed by atoms with Crippen molar-refractivity contribution in [1.29, 1.82) is 0 Å². The molecule has 1 aromatic carbocycles. The van der Waals surface area contributed by atoms with Crippen molar-refractivity contribution in [2.75, 3.05) is 0 Å². The SMILES string of the molecule is O=C(c1ccccc1)c1cocc1CO. The second-order valence-corrected chi connectivity index (χ2v) is 3.16. The quantitative estimate of drug-likeness (QED) is 0.774. The van der Waals surface area contributed by atoms with E-state index in [4.69, 9.17) is 9.52 Å². The molecule has 15 heavy (non-hydrogen) atoms. The minimum atomic E-state index is -0.190. The van der Waals surface area contributed by atoms with Gasteiger partial charge in [0, 0.05) is 11.1 Å². The number of rotatable bonds is 3. The molecule has 0 aliphatic rings. The first-order valence-electron chi connectivity index (χ1n) is 4.58. The zero-order valence-electron chi connectivity index (χ0n) is 8.01. The predicted octanol–water partition coefficient (Wildman–Crippen LogP) is 2.00.